The van der Waals surface area contributed by atoms with Gasteiger partial charge in [-0.1, -0.05) is 0 Å². The van der Waals surface area contributed by atoms with Crippen molar-refractivity contribution in [3.05, 3.63) is 0 Å². The number of carboxylic acids is 1. The van der Waals surface area contributed by atoms with Crippen LogP contribution in [-0.2, 0) is 9.59 Å². The SMILES string of the molecule is NC(=O)CN(CC(=O)O)C(=O)N(CC1CC1)CC1CC1. The molecule has 2 aliphatic carbocycles. The minimum atomic E-state index is -1.14. The lowest BCUT2D eigenvalue weighted by Gasteiger charge is -2.29. The largest absolute Gasteiger partial charge is 0.480 e. The zero-order valence-electron chi connectivity index (χ0n) is 11.5. The van der Waals surface area contributed by atoms with Crippen molar-refractivity contribution >= 4 is 17.9 Å². The van der Waals surface area contributed by atoms with Crippen LogP contribution in [0.25, 0.3) is 0 Å². The van der Waals surface area contributed by atoms with Crippen LogP contribution in [0.2, 0.25) is 0 Å². The second-order valence-corrected chi connectivity index (χ2v) is 5.79. The van der Waals surface area contributed by atoms with Gasteiger partial charge in [0.2, 0.25) is 5.91 Å². The zero-order valence-corrected chi connectivity index (χ0v) is 11.5. The van der Waals surface area contributed by atoms with Gasteiger partial charge in [-0.05, 0) is 37.5 Å². The number of nitrogens with two attached hydrogens (primary N) is 1. The number of hydrogen-bond acceptors (Lipinski definition) is 3. The highest BCUT2D eigenvalue weighted by atomic mass is 16.4. The summed E-state index contributed by atoms with van der Waals surface area (Å²) in [6, 6.07) is -0.384. The molecule has 2 aliphatic rings. The predicted molar refractivity (Wildman–Crippen MR) is 70.8 cm³/mol. The van der Waals surface area contributed by atoms with Gasteiger partial charge < -0.3 is 20.6 Å². The lowest BCUT2D eigenvalue weighted by molar-refractivity contribution is -0.138. The first kappa shape index (κ1) is 14.6. The predicted octanol–water partition coefficient (Wildman–Crippen LogP) is 0.100. The van der Waals surface area contributed by atoms with Gasteiger partial charge >= 0.3 is 12.0 Å². The Balaban J connectivity index is 1.99. The van der Waals surface area contributed by atoms with Crippen LogP contribution in [0.4, 0.5) is 4.79 Å². The van der Waals surface area contributed by atoms with E-state index in [1.165, 1.54) is 0 Å². The average Bonchev–Trinajstić information content (AvgIpc) is 3.19. The molecule has 0 aromatic carbocycles. The maximum atomic E-state index is 12.4. The molecule has 7 nitrogen and oxygen atoms in total. The van der Waals surface area contributed by atoms with Crippen LogP contribution in [0.5, 0.6) is 0 Å². The fraction of sp³-hybridized carbons (Fsp3) is 0.769. The number of aliphatic carboxylic acids is 1. The quantitative estimate of drug-likeness (QED) is 0.659. The first-order valence-electron chi connectivity index (χ1n) is 6.99. The second-order valence-electron chi connectivity index (χ2n) is 5.79. The van der Waals surface area contributed by atoms with Gasteiger partial charge in [0, 0.05) is 13.1 Å². The van der Waals surface area contributed by atoms with Crippen LogP contribution in [0.15, 0.2) is 0 Å². The topological polar surface area (TPSA) is 104 Å². The molecule has 0 spiro atoms. The van der Waals surface area contributed by atoms with Crippen molar-refractivity contribution in [2.45, 2.75) is 25.7 Å². The number of carboxylic acid groups (broad SMARTS) is 1. The molecule has 0 unspecified atom stereocenters. The van der Waals surface area contributed by atoms with Gasteiger partial charge in [0.25, 0.3) is 0 Å². The number of carbonyl (C=O) groups excluding carboxylic acids is 2. The van der Waals surface area contributed by atoms with Crippen molar-refractivity contribution in [1.29, 1.82) is 0 Å². The molecule has 0 radical (unpaired) electrons. The summed E-state index contributed by atoms with van der Waals surface area (Å²) in [6.07, 6.45) is 4.46. The van der Waals surface area contributed by atoms with E-state index in [4.69, 9.17) is 10.8 Å². The molecule has 3 N–H and O–H groups in total. The minimum Gasteiger partial charge on any atom is -0.480 e. The van der Waals surface area contributed by atoms with Gasteiger partial charge in [-0.3, -0.25) is 9.59 Å². The lowest BCUT2D eigenvalue weighted by Crippen LogP contribution is -2.49. The van der Waals surface area contributed by atoms with Crippen LogP contribution in [0.3, 0.4) is 0 Å². The van der Waals surface area contributed by atoms with Gasteiger partial charge in [0.15, 0.2) is 0 Å². The molecule has 0 atom stereocenters. The molecule has 0 bridgehead atoms. The summed E-state index contributed by atoms with van der Waals surface area (Å²) < 4.78 is 0. The van der Waals surface area contributed by atoms with Crippen molar-refractivity contribution in [2.24, 2.45) is 17.6 Å². The van der Waals surface area contributed by atoms with Crippen LogP contribution in [0, 0.1) is 11.8 Å². The fourth-order valence-corrected chi connectivity index (χ4v) is 2.20. The van der Waals surface area contributed by atoms with E-state index in [2.05, 4.69) is 0 Å². The maximum Gasteiger partial charge on any atom is 0.323 e. The van der Waals surface area contributed by atoms with Gasteiger partial charge in [-0.25, -0.2) is 4.79 Å². The molecule has 0 aromatic rings. The monoisotopic (exact) mass is 283 g/mol. The standard InChI is InChI=1S/C13H21N3O4/c14-11(17)7-16(8-12(18)19)13(20)15(5-9-1-2-9)6-10-3-4-10/h9-10H,1-8H2,(H2,14,17)(H,18,19). The number of nitrogens with zero attached hydrogens (tertiary/aromatic N) is 2. The Bertz CT molecular complexity index is 374. The number of carbonyl (C=O) groups is 3. The molecule has 2 rings (SSSR count). The van der Waals surface area contributed by atoms with Crippen molar-refractivity contribution in [3.8, 4) is 0 Å². The second kappa shape index (κ2) is 6.11. The van der Waals surface area contributed by atoms with Crippen molar-refractivity contribution in [1.82, 2.24) is 9.80 Å². The smallest absolute Gasteiger partial charge is 0.323 e. The molecule has 2 fully saturated rings. The van der Waals surface area contributed by atoms with E-state index in [0.717, 1.165) is 30.6 Å². The molecule has 0 heterocycles. The summed E-state index contributed by atoms with van der Waals surface area (Å²) in [5, 5.41) is 8.85. The van der Waals surface area contributed by atoms with Gasteiger partial charge in [-0.2, -0.15) is 0 Å². The first-order valence-corrected chi connectivity index (χ1v) is 6.99. The molecule has 2 saturated carbocycles. The van der Waals surface area contributed by atoms with Gasteiger partial charge in [-0.15, -0.1) is 0 Å². The summed E-state index contributed by atoms with van der Waals surface area (Å²) in [7, 11) is 0. The van der Waals surface area contributed by atoms with Crippen LogP contribution >= 0.6 is 0 Å². The number of rotatable bonds is 8. The molecular formula is C13H21N3O4. The summed E-state index contributed by atoms with van der Waals surface area (Å²) in [4.78, 5) is 37.0. The summed E-state index contributed by atoms with van der Waals surface area (Å²) in [5.74, 6) is -0.786. The third kappa shape index (κ3) is 4.71. The van der Waals surface area contributed by atoms with E-state index in [1.807, 2.05) is 0 Å². The molecule has 0 saturated heterocycles. The molecule has 112 valence electrons. The Morgan fingerprint density at radius 1 is 0.950 bits per heavy atom. The van der Waals surface area contributed by atoms with Crippen LogP contribution in [0.1, 0.15) is 25.7 Å². The number of primary amides is 1. The normalized spacial score (nSPS) is 17.6. The molecule has 20 heavy (non-hydrogen) atoms. The lowest BCUT2D eigenvalue weighted by atomic mass is 10.3. The van der Waals surface area contributed by atoms with Gasteiger partial charge in [0.1, 0.15) is 13.1 Å². The van der Waals surface area contributed by atoms with E-state index in [0.29, 0.717) is 24.9 Å². The zero-order chi connectivity index (χ0) is 14.7. The summed E-state index contributed by atoms with van der Waals surface area (Å²) in [5.41, 5.74) is 5.09. The van der Waals surface area contributed by atoms with E-state index >= 15 is 0 Å². The minimum absolute atomic E-state index is 0.350. The highest BCUT2D eigenvalue weighted by molar-refractivity contribution is 5.86. The van der Waals surface area contributed by atoms with Gasteiger partial charge in [0.05, 0.1) is 0 Å². The third-order valence-corrected chi connectivity index (χ3v) is 3.56. The summed E-state index contributed by atoms with van der Waals surface area (Å²) in [6.45, 7) is 0.471. The molecule has 0 aromatic heterocycles. The summed E-state index contributed by atoms with van der Waals surface area (Å²) >= 11 is 0. The highest BCUT2D eigenvalue weighted by Gasteiger charge is 2.34. The number of amides is 3. The highest BCUT2D eigenvalue weighted by Crippen LogP contribution is 2.34. The third-order valence-electron chi connectivity index (χ3n) is 3.56. The van der Waals surface area contributed by atoms with Crippen molar-refractivity contribution in [2.75, 3.05) is 26.2 Å². The molecule has 0 aliphatic heterocycles. The Kier molecular flexibility index (Phi) is 4.46. The number of urea groups is 1. The van der Waals surface area contributed by atoms with E-state index in [1.54, 1.807) is 4.90 Å². The molecule has 7 heteroatoms. The first-order chi connectivity index (χ1) is 9.45. The molecule has 3 amide bonds. The van der Waals surface area contributed by atoms with Crippen molar-refractivity contribution < 1.29 is 19.5 Å². The Hall–Kier alpha value is -1.79. The Morgan fingerprint density at radius 3 is 1.80 bits per heavy atom. The van der Waals surface area contributed by atoms with E-state index in [9.17, 15) is 14.4 Å². The van der Waals surface area contributed by atoms with E-state index < -0.39 is 18.4 Å². The van der Waals surface area contributed by atoms with Crippen LogP contribution in [-0.4, -0.2) is 59.0 Å². The van der Waals surface area contributed by atoms with Crippen molar-refractivity contribution in [3.63, 3.8) is 0 Å². The number of hydrogen-bond donors (Lipinski definition) is 2. The maximum absolute atomic E-state index is 12.4. The molecular weight excluding hydrogens is 262 g/mol. The van der Waals surface area contributed by atoms with E-state index in [-0.39, 0.29) is 12.6 Å². The average molecular weight is 283 g/mol. The Morgan fingerprint density at radius 2 is 1.45 bits per heavy atom. The Labute approximate surface area is 117 Å². The fourth-order valence-electron chi connectivity index (χ4n) is 2.20. The van der Waals surface area contributed by atoms with Crippen LogP contribution < -0.4 is 5.73 Å².